The maximum atomic E-state index is 11.9. The molecule has 0 aromatic heterocycles. The fourth-order valence-corrected chi connectivity index (χ4v) is 2.79. The molecule has 0 saturated carbocycles. The Bertz CT molecular complexity index is 598. The van der Waals surface area contributed by atoms with Crippen LogP contribution in [0.4, 0.5) is 4.79 Å². The van der Waals surface area contributed by atoms with E-state index >= 15 is 0 Å². The third kappa shape index (κ3) is 1.53. The number of allylic oxidation sites excluding steroid dienone is 2. The zero-order valence-electron chi connectivity index (χ0n) is 10.4. The van der Waals surface area contributed by atoms with E-state index in [1.165, 1.54) is 4.90 Å². The van der Waals surface area contributed by atoms with Gasteiger partial charge in [-0.2, -0.15) is 5.10 Å². The van der Waals surface area contributed by atoms with Gasteiger partial charge < -0.3 is 11.2 Å². The standard InChI is InChI=1S/C13H13N4O2/c1-2-9-7-5-15-16-6-8-11(18)4-3-10(12(7)8)17(9)13(14)19/h3,5,10,16H,2,6H2,1H3,(H2,14,19). The molecule has 3 rings (SSSR count). The minimum absolute atomic E-state index is 0.163. The van der Waals surface area contributed by atoms with E-state index in [9.17, 15) is 9.59 Å². The number of rotatable bonds is 1. The summed E-state index contributed by atoms with van der Waals surface area (Å²) in [6, 6.07) is -0.857. The number of nitrogens with one attached hydrogen (secondary N) is 1. The predicted octanol–water partition coefficient (Wildman–Crippen LogP) is 0.241. The maximum absolute atomic E-state index is 11.9. The summed E-state index contributed by atoms with van der Waals surface area (Å²) in [5, 5.41) is 4.05. The highest BCUT2D eigenvalue weighted by molar-refractivity contribution is 6.07. The van der Waals surface area contributed by atoms with Gasteiger partial charge in [-0.05, 0) is 18.1 Å². The molecule has 0 aromatic carbocycles. The van der Waals surface area contributed by atoms with Gasteiger partial charge in [-0.15, -0.1) is 0 Å². The Hall–Kier alpha value is -2.37. The molecule has 0 bridgehead atoms. The van der Waals surface area contributed by atoms with Gasteiger partial charge in [0.05, 0.1) is 18.8 Å². The summed E-state index contributed by atoms with van der Waals surface area (Å²) >= 11 is 0. The molecule has 1 unspecified atom stereocenters. The minimum Gasteiger partial charge on any atom is -0.351 e. The summed E-state index contributed by atoms with van der Waals surface area (Å²) in [6.07, 6.45) is 6.57. The van der Waals surface area contributed by atoms with Crippen LogP contribution in [0.2, 0.25) is 0 Å². The van der Waals surface area contributed by atoms with Crippen LogP contribution in [0.25, 0.3) is 0 Å². The lowest BCUT2D eigenvalue weighted by Gasteiger charge is -2.26. The second-order valence-electron chi connectivity index (χ2n) is 4.49. The average Bonchev–Trinajstić information content (AvgIpc) is 2.54. The Morgan fingerprint density at radius 3 is 3.16 bits per heavy atom. The lowest BCUT2D eigenvalue weighted by Crippen LogP contribution is -2.41. The molecule has 97 valence electrons. The van der Waals surface area contributed by atoms with E-state index in [0.717, 1.165) is 16.8 Å². The Morgan fingerprint density at radius 1 is 1.68 bits per heavy atom. The lowest BCUT2D eigenvalue weighted by atomic mass is 9.89. The van der Waals surface area contributed by atoms with E-state index in [4.69, 9.17) is 5.73 Å². The summed E-state index contributed by atoms with van der Waals surface area (Å²) in [5.41, 5.74) is 11.3. The van der Waals surface area contributed by atoms with Gasteiger partial charge in [0.25, 0.3) is 0 Å². The number of nitrogens with zero attached hydrogens (tertiary/aromatic N) is 2. The molecule has 2 amide bonds. The van der Waals surface area contributed by atoms with E-state index in [1.807, 2.05) is 6.92 Å². The highest BCUT2D eigenvalue weighted by Crippen LogP contribution is 2.39. The first kappa shape index (κ1) is 11.7. The number of nitrogens with two attached hydrogens (primary N) is 1. The molecular weight excluding hydrogens is 244 g/mol. The fourth-order valence-electron chi connectivity index (χ4n) is 2.79. The number of primary amides is 1. The van der Waals surface area contributed by atoms with Gasteiger partial charge in [0.1, 0.15) is 0 Å². The van der Waals surface area contributed by atoms with Gasteiger partial charge in [-0.25, -0.2) is 4.79 Å². The molecule has 3 aliphatic rings. The Balaban J connectivity index is 2.25. The lowest BCUT2D eigenvalue weighted by molar-refractivity contribution is -0.112. The quantitative estimate of drug-likeness (QED) is 0.705. The largest absolute Gasteiger partial charge is 0.351 e. The SMILES string of the molecule is CCC1=C2C=NNCC3=C2C(C=[C]C3=O)N1C(N)=O. The summed E-state index contributed by atoms with van der Waals surface area (Å²) in [6.45, 7) is 2.28. The van der Waals surface area contributed by atoms with E-state index in [0.29, 0.717) is 18.5 Å². The topological polar surface area (TPSA) is 87.8 Å². The Labute approximate surface area is 110 Å². The monoisotopic (exact) mass is 257 g/mol. The van der Waals surface area contributed by atoms with Crippen molar-refractivity contribution < 1.29 is 9.59 Å². The molecule has 1 atom stereocenters. The molecule has 2 aliphatic heterocycles. The molecule has 2 heterocycles. The maximum Gasteiger partial charge on any atom is 0.319 e. The zero-order valence-corrected chi connectivity index (χ0v) is 10.4. The Kier molecular flexibility index (Phi) is 2.51. The first-order chi connectivity index (χ1) is 9.15. The predicted molar refractivity (Wildman–Crippen MR) is 68.9 cm³/mol. The van der Waals surface area contributed by atoms with Crippen LogP contribution in [0.15, 0.2) is 33.6 Å². The summed E-state index contributed by atoms with van der Waals surface area (Å²) in [4.78, 5) is 25.1. The van der Waals surface area contributed by atoms with Crippen LogP contribution in [0.3, 0.4) is 0 Å². The van der Waals surface area contributed by atoms with Crippen molar-refractivity contribution in [3.8, 4) is 0 Å². The molecule has 6 heteroatoms. The average molecular weight is 257 g/mol. The molecule has 19 heavy (non-hydrogen) atoms. The molecule has 1 aliphatic carbocycles. The van der Waals surface area contributed by atoms with Crippen molar-refractivity contribution in [1.29, 1.82) is 0 Å². The van der Waals surface area contributed by atoms with Crippen molar-refractivity contribution in [2.24, 2.45) is 10.8 Å². The van der Waals surface area contributed by atoms with Gasteiger partial charge in [-0.3, -0.25) is 9.69 Å². The van der Waals surface area contributed by atoms with Gasteiger partial charge in [0.2, 0.25) is 0 Å². The molecule has 0 aromatic rings. The van der Waals surface area contributed by atoms with E-state index in [1.54, 1.807) is 12.3 Å². The van der Waals surface area contributed by atoms with Crippen molar-refractivity contribution in [3.63, 3.8) is 0 Å². The number of carbonyl (C=O) groups excluding carboxylic acids is 2. The molecule has 6 nitrogen and oxygen atoms in total. The fraction of sp³-hybridized carbons (Fsp3) is 0.308. The van der Waals surface area contributed by atoms with Crippen LogP contribution >= 0.6 is 0 Å². The van der Waals surface area contributed by atoms with E-state index in [-0.39, 0.29) is 11.8 Å². The van der Waals surface area contributed by atoms with Gasteiger partial charge in [-0.1, -0.05) is 6.92 Å². The molecule has 0 spiro atoms. The third-order valence-electron chi connectivity index (χ3n) is 3.55. The first-order valence-electron chi connectivity index (χ1n) is 6.10. The first-order valence-corrected chi connectivity index (χ1v) is 6.10. The third-order valence-corrected chi connectivity index (χ3v) is 3.55. The summed E-state index contributed by atoms with van der Waals surface area (Å²) < 4.78 is 0. The number of hydrogen-bond donors (Lipinski definition) is 2. The van der Waals surface area contributed by atoms with Crippen LogP contribution in [-0.4, -0.2) is 35.5 Å². The van der Waals surface area contributed by atoms with Crippen LogP contribution in [0.1, 0.15) is 13.3 Å². The number of ketones is 1. The zero-order chi connectivity index (χ0) is 13.6. The summed E-state index contributed by atoms with van der Waals surface area (Å²) in [7, 11) is 0. The van der Waals surface area contributed by atoms with Gasteiger partial charge in [0, 0.05) is 22.9 Å². The highest BCUT2D eigenvalue weighted by Gasteiger charge is 2.41. The molecule has 1 radical (unpaired) electrons. The number of hydrazone groups is 1. The van der Waals surface area contributed by atoms with Crippen molar-refractivity contribution in [3.05, 3.63) is 34.6 Å². The van der Waals surface area contributed by atoms with Crippen LogP contribution in [0, 0.1) is 6.08 Å². The highest BCUT2D eigenvalue weighted by atomic mass is 16.2. The number of amides is 2. The van der Waals surface area contributed by atoms with Crippen LogP contribution in [-0.2, 0) is 4.79 Å². The summed E-state index contributed by atoms with van der Waals surface area (Å²) in [5.74, 6) is -0.163. The molecule has 0 saturated heterocycles. The normalized spacial score (nSPS) is 24.6. The second kappa shape index (κ2) is 4.08. The van der Waals surface area contributed by atoms with Crippen LogP contribution < -0.4 is 11.2 Å². The van der Waals surface area contributed by atoms with E-state index < -0.39 is 6.03 Å². The van der Waals surface area contributed by atoms with Crippen LogP contribution in [0.5, 0.6) is 0 Å². The number of hydrogen-bond acceptors (Lipinski definition) is 4. The number of carbonyl (C=O) groups is 2. The van der Waals surface area contributed by atoms with E-state index in [2.05, 4.69) is 16.6 Å². The smallest absolute Gasteiger partial charge is 0.319 e. The van der Waals surface area contributed by atoms with Gasteiger partial charge in [0.15, 0.2) is 5.78 Å². The Morgan fingerprint density at radius 2 is 2.47 bits per heavy atom. The molecular formula is C13H13N4O2. The number of urea groups is 1. The minimum atomic E-state index is -0.525. The van der Waals surface area contributed by atoms with Crippen molar-refractivity contribution >= 4 is 18.0 Å². The molecule has 3 N–H and O–H groups in total. The van der Waals surface area contributed by atoms with Gasteiger partial charge >= 0.3 is 6.03 Å². The number of Topliss-reactive ketones (excluding diaryl/α,β-unsaturated/α-hetero) is 1. The van der Waals surface area contributed by atoms with Crippen molar-refractivity contribution in [2.75, 3.05) is 6.54 Å². The van der Waals surface area contributed by atoms with Crippen molar-refractivity contribution in [2.45, 2.75) is 19.4 Å². The van der Waals surface area contributed by atoms with Crippen molar-refractivity contribution in [1.82, 2.24) is 10.3 Å². The molecule has 0 fully saturated rings. The second-order valence-corrected chi connectivity index (χ2v) is 4.49.